The molecule has 10 heteroatoms. The molecule has 298 valence electrons. The van der Waals surface area contributed by atoms with E-state index in [0.29, 0.717) is 16.9 Å². The van der Waals surface area contributed by atoms with Crippen LogP contribution in [0.2, 0.25) is 0 Å². The third-order valence-corrected chi connectivity index (χ3v) is 9.96. The van der Waals surface area contributed by atoms with Crippen molar-refractivity contribution in [3.05, 3.63) is 227 Å². The highest BCUT2D eigenvalue weighted by molar-refractivity contribution is 6.07. The summed E-state index contributed by atoms with van der Waals surface area (Å²) in [6.45, 7) is 2.00. The Bertz CT molecular complexity index is 2640. The fourth-order valence-corrected chi connectivity index (χ4v) is 6.57. The van der Waals surface area contributed by atoms with Crippen molar-refractivity contribution in [2.45, 2.75) is 32.6 Å². The number of carbonyl (C=O) groups excluding carboxylic acids is 2. The SMILES string of the molecule is Cc1ccc(CCc2ccccc2)cc1NC(=O)c1ccc(-n2cccc2)nc1.O=C(Nc1cc(CCc2ccccc2)ccc1C(=O)O)c1ccc(-n2cccc2)nc1. The van der Waals surface area contributed by atoms with Gasteiger partial charge in [0, 0.05) is 42.9 Å². The fourth-order valence-electron chi connectivity index (χ4n) is 6.57. The van der Waals surface area contributed by atoms with E-state index in [4.69, 9.17) is 0 Å². The summed E-state index contributed by atoms with van der Waals surface area (Å²) in [6, 6.07) is 46.5. The standard InChI is InChI=1S/C25H21N3O3.C25H23N3O/c29-24(20-11-13-23(26-17-20)28-14-4-5-15-28)27-22-16-19(10-12-21(22)25(30)31)9-8-18-6-2-1-3-7-18;1-19-9-10-21(12-11-20-7-3-2-4-8-20)17-23(19)27-25(29)22-13-14-24(26-18-22)28-15-5-6-16-28/h1-7,10-17H,8-9H2,(H,27,29)(H,30,31);2-10,13-18H,11-12H2,1H3,(H,27,29). The third kappa shape index (κ3) is 10.8. The number of carbonyl (C=O) groups is 3. The lowest BCUT2D eigenvalue weighted by Crippen LogP contribution is -2.15. The molecule has 0 radical (unpaired) electrons. The van der Waals surface area contributed by atoms with Gasteiger partial charge in [0.15, 0.2) is 0 Å². The molecule has 0 aliphatic heterocycles. The average Bonchev–Trinajstić information content (AvgIpc) is 4.04. The zero-order valence-corrected chi connectivity index (χ0v) is 33.1. The number of aryl methyl sites for hydroxylation is 5. The first-order valence-electron chi connectivity index (χ1n) is 19.6. The number of hydrogen-bond acceptors (Lipinski definition) is 5. The second-order valence-electron chi connectivity index (χ2n) is 14.2. The quantitative estimate of drug-likeness (QED) is 0.107. The van der Waals surface area contributed by atoms with Gasteiger partial charge in [-0.2, -0.15) is 0 Å². The minimum absolute atomic E-state index is 0.0498. The minimum atomic E-state index is -1.09. The van der Waals surface area contributed by atoms with E-state index in [1.54, 1.807) is 36.5 Å². The molecule has 8 aromatic rings. The van der Waals surface area contributed by atoms with Crippen LogP contribution in [0, 0.1) is 6.92 Å². The lowest BCUT2D eigenvalue weighted by Gasteiger charge is -2.11. The van der Waals surface area contributed by atoms with Crippen LogP contribution in [-0.4, -0.2) is 42.0 Å². The largest absolute Gasteiger partial charge is 0.478 e. The maximum absolute atomic E-state index is 12.7. The third-order valence-electron chi connectivity index (χ3n) is 9.96. The topological polar surface area (TPSA) is 131 Å². The number of aromatic nitrogens is 4. The summed E-state index contributed by atoms with van der Waals surface area (Å²) in [4.78, 5) is 45.8. The first-order chi connectivity index (χ1) is 29.3. The lowest BCUT2D eigenvalue weighted by atomic mass is 10.0. The summed E-state index contributed by atoms with van der Waals surface area (Å²) in [6.07, 6.45) is 14.1. The van der Waals surface area contributed by atoms with Gasteiger partial charge >= 0.3 is 5.97 Å². The highest BCUT2D eigenvalue weighted by atomic mass is 16.4. The Morgan fingerprint density at radius 2 is 0.933 bits per heavy atom. The second-order valence-corrected chi connectivity index (χ2v) is 14.2. The Hall–Kier alpha value is -7.85. The molecule has 60 heavy (non-hydrogen) atoms. The molecule has 2 amide bonds. The summed E-state index contributed by atoms with van der Waals surface area (Å²) in [5.74, 6) is -0.179. The number of anilines is 2. The molecule has 0 unspecified atom stereocenters. The van der Waals surface area contributed by atoms with E-state index in [-0.39, 0.29) is 17.2 Å². The van der Waals surface area contributed by atoms with Gasteiger partial charge in [-0.3, -0.25) is 9.59 Å². The molecule has 0 aliphatic carbocycles. The van der Waals surface area contributed by atoms with Crippen molar-refractivity contribution >= 4 is 29.2 Å². The Kier molecular flexibility index (Phi) is 13.1. The summed E-state index contributed by atoms with van der Waals surface area (Å²) < 4.78 is 3.74. The molecule has 8 rings (SSSR count). The van der Waals surface area contributed by atoms with Crippen LogP contribution >= 0.6 is 0 Å². The summed E-state index contributed by atoms with van der Waals surface area (Å²) in [7, 11) is 0. The highest BCUT2D eigenvalue weighted by Gasteiger charge is 2.16. The zero-order chi connectivity index (χ0) is 41.7. The van der Waals surface area contributed by atoms with Crippen molar-refractivity contribution in [3.63, 3.8) is 0 Å². The molecule has 4 aromatic carbocycles. The summed E-state index contributed by atoms with van der Waals surface area (Å²) in [5, 5.41) is 15.3. The molecule has 0 spiro atoms. The second kappa shape index (κ2) is 19.5. The van der Waals surface area contributed by atoms with E-state index in [2.05, 4.69) is 75.2 Å². The molecule has 0 atom stereocenters. The molecule has 0 bridgehead atoms. The van der Waals surface area contributed by atoms with Crippen molar-refractivity contribution in [2.75, 3.05) is 10.6 Å². The van der Waals surface area contributed by atoms with Crippen LogP contribution in [0.1, 0.15) is 58.9 Å². The van der Waals surface area contributed by atoms with E-state index >= 15 is 0 Å². The number of nitrogens with zero attached hydrogens (tertiary/aromatic N) is 4. The normalized spacial score (nSPS) is 10.6. The van der Waals surface area contributed by atoms with Crippen molar-refractivity contribution in [3.8, 4) is 11.6 Å². The number of nitrogens with one attached hydrogen (secondary N) is 2. The first-order valence-corrected chi connectivity index (χ1v) is 19.6. The number of hydrogen-bond donors (Lipinski definition) is 3. The van der Waals surface area contributed by atoms with Crippen LogP contribution < -0.4 is 10.6 Å². The highest BCUT2D eigenvalue weighted by Crippen LogP contribution is 2.22. The number of amides is 2. The van der Waals surface area contributed by atoms with Gasteiger partial charge in [0.05, 0.1) is 22.4 Å². The predicted octanol–water partition coefficient (Wildman–Crippen LogP) is 9.83. The number of aromatic carboxylic acids is 1. The fraction of sp³-hybridized carbons (Fsp3) is 0.100. The molecular weight excluding hydrogens is 749 g/mol. The minimum Gasteiger partial charge on any atom is -0.478 e. The Labute approximate surface area is 348 Å². The maximum Gasteiger partial charge on any atom is 0.337 e. The van der Waals surface area contributed by atoms with Gasteiger partial charge in [-0.15, -0.1) is 0 Å². The molecule has 0 fully saturated rings. The molecule has 4 heterocycles. The number of pyridine rings is 2. The predicted molar refractivity (Wildman–Crippen MR) is 235 cm³/mol. The molecule has 0 saturated carbocycles. The van der Waals surface area contributed by atoms with E-state index in [0.717, 1.165) is 48.3 Å². The molecular formula is C50H44N6O4. The number of benzene rings is 4. The smallest absolute Gasteiger partial charge is 0.337 e. The molecule has 4 aromatic heterocycles. The van der Waals surface area contributed by atoms with Gasteiger partial charge in [0.25, 0.3) is 11.8 Å². The van der Waals surface area contributed by atoms with Crippen LogP contribution in [0.25, 0.3) is 11.6 Å². The Morgan fingerprint density at radius 3 is 1.38 bits per heavy atom. The van der Waals surface area contributed by atoms with Crippen molar-refractivity contribution in [1.29, 1.82) is 0 Å². The Balaban J connectivity index is 0.000000182. The summed E-state index contributed by atoms with van der Waals surface area (Å²) in [5.41, 5.74) is 7.76. The molecule has 0 aliphatic rings. The number of rotatable bonds is 13. The number of carboxylic acid groups (broad SMARTS) is 1. The van der Waals surface area contributed by atoms with Crippen LogP contribution in [0.4, 0.5) is 11.4 Å². The van der Waals surface area contributed by atoms with E-state index in [1.165, 1.54) is 29.0 Å². The lowest BCUT2D eigenvalue weighted by molar-refractivity contribution is 0.0697. The van der Waals surface area contributed by atoms with Gasteiger partial charge in [-0.1, -0.05) is 78.9 Å². The van der Waals surface area contributed by atoms with Gasteiger partial charge in [-0.25, -0.2) is 14.8 Å². The van der Waals surface area contributed by atoms with Crippen LogP contribution in [0.3, 0.4) is 0 Å². The van der Waals surface area contributed by atoms with Crippen molar-refractivity contribution in [1.82, 2.24) is 19.1 Å². The van der Waals surface area contributed by atoms with Gasteiger partial charge in [0.2, 0.25) is 0 Å². The molecule has 3 N–H and O–H groups in total. The van der Waals surface area contributed by atoms with Crippen molar-refractivity contribution in [2.24, 2.45) is 0 Å². The van der Waals surface area contributed by atoms with E-state index in [1.807, 2.05) is 95.4 Å². The monoisotopic (exact) mass is 792 g/mol. The van der Waals surface area contributed by atoms with E-state index < -0.39 is 11.9 Å². The first kappa shape index (κ1) is 40.4. The van der Waals surface area contributed by atoms with E-state index in [9.17, 15) is 19.5 Å². The average molecular weight is 793 g/mol. The number of carboxylic acids is 1. The van der Waals surface area contributed by atoms with Crippen LogP contribution in [-0.2, 0) is 25.7 Å². The zero-order valence-electron chi connectivity index (χ0n) is 33.1. The van der Waals surface area contributed by atoms with Gasteiger partial charge < -0.3 is 24.9 Å². The maximum atomic E-state index is 12.7. The van der Waals surface area contributed by atoms with Crippen molar-refractivity contribution < 1.29 is 19.5 Å². The van der Waals surface area contributed by atoms with Gasteiger partial charge in [-0.05, 0) is 127 Å². The Morgan fingerprint density at radius 1 is 0.500 bits per heavy atom. The summed E-state index contributed by atoms with van der Waals surface area (Å²) >= 11 is 0. The van der Waals surface area contributed by atoms with Crippen LogP contribution in [0.5, 0.6) is 0 Å². The molecule has 0 saturated heterocycles. The van der Waals surface area contributed by atoms with Gasteiger partial charge in [0.1, 0.15) is 11.6 Å². The molecule has 10 nitrogen and oxygen atoms in total. The van der Waals surface area contributed by atoms with Crippen LogP contribution in [0.15, 0.2) is 183 Å².